The molecule has 2 aliphatic heterocycles. The van der Waals surface area contributed by atoms with Crippen LogP contribution in [0.5, 0.6) is 0 Å². The average Bonchev–Trinajstić information content (AvgIpc) is 2.77. The van der Waals surface area contributed by atoms with Crippen LogP contribution in [-0.2, 0) is 4.79 Å². The Morgan fingerprint density at radius 1 is 1.10 bits per heavy atom. The summed E-state index contributed by atoms with van der Waals surface area (Å²) in [5.41, 5.74) is 0. The van der Waals surface area contributed by atoms with Crippen molar-refractivity contribution in [1.29, 1.82) is 0 Å². The maximum atomic E-state index is 12.6. The Morgan fingerprint density at radius 2 is 1.76 bits per heavy atom. The Kier molecular flexibility index (Phi) is 6.97. The van der Waals surface area contributed by atoms with Gasteiger partial charge in [-0.05, 0) is 45.7 Å². The van der Waals surface area contributed by atoms with Crippen molar-refractivity contribution in [3.8, 4) is 0 Å². The molecule has 0 aromatic carbocycles. The summed E-state index contributed by atoms with van der Waals surface area (Å²) in [5.74, 6) is 0.354. The molecule has 0 radical (unpaired) electrons. The van der Waals surface area contributed by atoms with Crippen LogP contribution < -0.4 is 5.32 Å². The second-order valence-corrected chi connectivity index (χ2v) is 6.67. The second-order valence-electron chi connectivity index (χ2n) is 6.67. The van der Waals surface area contributed by atoms with Crippen molar-refractivity contribution in [2.45, 2.75) is 70.9 Å². The summed E-state index contributed by atoms with van der Waals surface area (Å²) in [5, 5.41) is 3.54. The number of piperidine rings is 1. The van der Waals surface area contributed by atoms with E-state index in [4.69, 9.17) is 0 Å². The smallest absolute Gasteiger partial charge is 0.236 e. The molecule has 0 aliphatic carbocycles. The quantitative estimate of drug-likeness (QED) is 0.845. The van der Waals surface area contributed by atoms with Gasteiger partial charge in [0.15, 0.2) is 0 Å². The third-order valence-corrected chi connectivity index (χ3v) is 5.06. The third-order valence-electron chi connectivity index (χ3n) is 5.06. The summed E-state index contributed by atoms with van der Waals surface area (Å²) in [4.78, 5) is 17.2. The van der Waals surface area contributed by atoms with E-state index in [0.29, 0.717) is 24.5 Å². The van der Waals surface area contributed by atoms with E-state index < -0.39 is 0 Å². The summed E-state index contributed by atoms with van der Waals surface area (Å²) in [6.45, 7) is 9.08. The normalized spacial score (nSPS) is 26.4. The number of carbonyl (C=O) groups excluding carboxylic acids is 1. The van der Waals surface area contributed by atoms with E-state index in [-0.39, 0.29) is 0 Å². The highest BCUT2D eigenvalue weighted by Gasteiger charge is 2.29. The van der Waals surface area contributed by atoms with E-state index in [1.807, 2.05) is 0 Å². The monoisotopic (exact) mass is 295 g/mol. The highest BCUT2D eigenvalue weighted by atomic mass is 16.2. The number of amides is 1. The molecule has 4 nitrogen and oxygen atoms in total. The van der Waals surface area contributed by atoms with Crippen molar-refractivity contribution in [2.24, 2.45) is 0 Å². The Balaban J connectivity index is 1.89. The van der Waals surface area contributed by atoms with E-state index >= 15 is 0 Å². The van der Waals surface area contributed by atoms with Crippen LogP contribution in [0, 0.1) is 0 Å². The molecular weight excluding hydrogens is 262 g/mol. The molecule has 2 heterocycles. The lowest BCUT2D eigenvalue weighted by atomic mass is 9.96. The highest BCUT2D eigenvalue weighted by molar-refractivity contribution is 5.78. The van der Waals surface area contributed by atoms with Crippen molar-refractivity contribution in [3.63, 3.8) is 0 Å². The van der Waals surface area contributed by atoms with Gasteiger partial charge in [-0.25, -0.2) is 0 Å². The van der Waals surface area contributed by atoms with Crippen molar-refractivity contribution >= 4 is 5.91 Å². The van der Waals surface area contributed by atoms with Crippen LogP contribution >= 0.6 is 0 Å². The summed E-state index contributed by atoms with van der Waals surface area (Å²) in [6, 6.07) is 1.00. The summed E-state index contributed by atoms with van der Waals surface area (Å²) >= 11 is 0. The molecule has 0 aromatic heterocycles. The number of likely N-dealkylation sites (tertiary alicyclic amines) is 2. The third kappa shape index (κ3) is 4.96. The zero-order chi connectivity index (χ0) is 15.1. The molecule has 21 heavy (non-hydrogen) atoms. The predicted molar refractivity (Wildman–Crippen MR) is 87.4 cm³/mol. The first-order valence-corrected chi connectivity index (χ1v) is 8.97. The summed E-state index contributed by atoms with van der Waals surface area (Å²) in [7, 11) is 0. The van der Waals surface area contributed by atoms with E-state index in [1.165, 1.54) is 44.9 Å². The van der Waals surface area contributed by atoms with Gasteiger partial charge < -0.3 is 10.2 Å². The van der Waals surface area contributed by atoms with Crippen molar-refractivity contribution in [3.05, 3.63) is 0 Å². The lowest BCUT2D eigenvalue weighted by Gasteiger charge is -2.40. The van der Waals surface area contributed by atoms with Crippen molar-refractivity contribution in [1.82, 2.24) is 15.1 Å². The van der Waals surface area contributed by atoms with Gasteiger partial charge in [0.25, 0.3) is 0 Å². The van der Waals surface area contributed by atoms with E-state index in [1.54, 1.807) is 0 Å². The molecule has 2 aliphatic rings. The number of rotatable bonds is 5. The molecule has 2 atom stereocenters. The van der Waals surface area contributed by atoms with E-state index in [0.717, 1.165) is 26.2 Å². The predicted octanol–water partition coefficient (Wildman–Crippen LogP) is 2.24. The number of likely N-dealkylation sites (N-methyl/N-ethyl adjacent to an activating group) is 1. The lowest BCUT2D eigenvalue weighted by Crippen LogP contribution is -2.54. The van der Waals surface area contributed by atoms with Crippen molar-refractivity contribution < 1.29 is 4.79 Å². The SMILES string of the molecule is CCNC(C)C1CCCCN1CC(=O)N1CCCCCC1. The first-order valence-electron chi connectivity index (χ1n) is 8.97. The van der Waals surface area contributed by atoms with Crippen LogP contribution in [0.2, 0.25) is 0 Å². The van der Waals surface area contributed by atoms with Gasteiger partial charge in [0, 0.05) is 25.2 Å². The molecule has 1 amide bonds. The van der Waals surface area contributed by atoms with Crippen molar-refractivity contribution in [2.75, 3.05) is 32.7 Å². The molecule has 2 unspecified atom stereocenters. The van der Waals surface area contributed by atoms with Crippen LogP contribution in [0.3, 0.4) is 0 Å². The Hall–Kier alpha value is -0.610. The molecule has 4 heteroatoms. The number of nitrogens with one attached hydrogen (secondary N) is 1. The van der Waals surface area contributed by atoms with Gasteiger partial charge in [0.2, 0.25) is 5.91 Å². The largest absolute Gasteiger partial charge is 0.342 e. The molecule has 0 saturated carbocycles. The minimum atomic E-state index is 0.354. The van der Waals surface area contributed by atoms with Gasteiger partial charge in [-0.1, -0.05) is 26.2 Å². The summed E-state index contributed by atoms with van der Waals surface area (Å²) in [6.07, 6.45) is 8.70. The molecule has 0 spiro atoms. The topological polar surface area (TPSA) is 35.6 Å². The number of carbonyl (C=O) groups is 1. The zero-order valence-electron chi connectivity index (χ0n) is 13.9. The first kappa shape index (κ1) is 16.8. The van der Waals surface area contributed by atoms with E-state index in [2.05, 4.69) is 29.0 Å². The molecule has 1 N–H and O–H groups in total. The van der Waals surface area contributed by atoms with Gasteiger partial charge in [0.1, 0.15) is 0 Å². The van der Waals surface area contributed by atoms with Crippen LogP contribution in [0.25, 0.3) is 0 Å². The minimum Gasteiger partial charge on any atom is -0.342 e. The fourth-order valence-corrected chi connectivity index (χ4v) is 3.83. The van der Waals surface area contributed by atoms with Crippen LogP contribution in [0.1, 0.15) is 58.8 Å². The summed E-state index contributed by atoms with van der Waals surface area (Å²) < 4.78 is 0. The van der Waals surface area contributed by atoms with Crippen LogP contribution in [0.15, 0.2) is 0 Å². The first-order chi connectivity index (χ1) is 10.2. The fraction of sp³-hybridized carbons (Fsp3) is 0.941. The van der Waals surface area contributed by atoms with Gasteiger partial charge in [-0.15, -0.1) is 0 Å². The second kappa shape index (κ2) is 8.74. The number of hydrogen-bond donors (Lipinski definition) is 1. The van der Waals surface area contributed by atoms with E-state index in [9.17, 15) is 4.79 Å². The molecule has 2 rings (SSSR count). The van der Waals surface area contributed by atoms with Crippen LogP contribution in [0.4, 0.5) is 0 Å². The maximum Gasteiger partial charge on any atom is 0.236 e. The molecule has 122 valence electrons. The van der Waals surface area contributed by atoms with Gasteiger partial charge in [-0.2, -0.15) is 0 Å². The molecule has 0 aromatic rings. The standard InChI is InChI=1S/C17H33N3O/c1-3-18-15(2)16-10-6-9-13-20(16)14-17(21)19-11-7-4-5-8-12-19/h15-16,18H,3-14H2,1-2H3. The average molecular weight is 295 g/mol. The highest BCUT2D eigenvalue weighted by Crippen LogP contribution is 2.20. The van der Waals surface area contributed by atoms with Gasteiger partial charge in [-0.3, -0.25) is 9.69 Å². The molecular formula is C17H33N3O. The fourth-order valence-electron chi connectivity index (χ4n) is 3.83. The van der Waals surface area contributed by atoms with Gasteiger partial charge in [0.05, 0.1) is 6.54 Å². The molecule has 2 saturated heterocycles. The minimum absolute atomic E-state index is 0.354. The van der Waals surface area contributed by atoms with Crippen LogP contribution in [-0.4, -0.2) is 60.5 Å². The zero-order valence-corrected chi connectivity index (χ0v) is 13.9. The Morgan fingerprint density at radius 3 is 2.43 bits per heavy atom. The Bertz CT molecular complexity index is 313. The number of hydrogen-bond acceptors (Lipinski definition) is 3. The number of nitrogens with zero attached hydrogens (tertiary/aromatic N) is 2. The lowest BCUT2D eigenvalue weighted by molar-refractivity contribution is -0.133. The van der Waals surface area contributed by atoms with Gasteiger partial charge >= 0.3 is 0 Å². The molecule has 0 bridgehead atoms. The molecule has 2 fully saturated rings. The Labute approximate surface area is 130 Å². The maximum absolute atomic E-state index is 12.6.